The Bertz CT molecular complexity index is 431. The highest BCUT2D eigenvalue weighted by Gasteiger charge is 2.22. The number of anilines is 1. The van der Waals surface area contributed by atoms with E-state index in [1.165, 1.54) is 12.8 Å². The number of carboxylic acids is 1. The monoisotopic (exact) mass is 249 g/mol. The Kier molecular flexibility index (Phi) is 4.07. The van der Waals surface area contributed by atoms with Crippen LogP contribution in [0, 0.1) is 0 Å². The molecule has 1 N–H and O–H groups in total. The van der Waals surface area contributed by atoms with E-state index in [1.807, 2.05) is 6.07 Å². The standard InChI is InChI=1S/C14H19NO3/c1-2-3-4-8-15-9-10-18-13-11(14(16)17)6-5-7-12(13)15/h5-7H,2-4,8-10H2,1H3,(H,16,17). The van der Waals surface area contributed by atoms with E-state index >= 15 is 0 Å². The Morgan fingerprint density at radius 2 is 2.28 bits per heavy atom. The smallest absolute Gasteiger partial charge is 0.339 e. The zero-order chi connectivity index (χ0) is 13.0. The fourth-order valence-electron chi connectivity index (χ4n) is 2.26. The molecule has 0 amide bonds. The summed E-state index contributed by atoms with van der Waals surface area (Å²) in [6.07, 6.45) is 3.52. The van der Waals surface area contributed by atoms with E-state index < -0.39 is 5.97 Å². The Morgan fingerprint density at radius 3 is 3.00 bits per heavy atom. The molecule has 4 nitrogen and oxygen atoms in total. The SMILES string of the molecule is CCCCCN1CCOc2c(C(=O)O)cccc21. The van der Waals surface area contributed by atoms with Crippen LogP contribution in [0.1, 0.15) is 36.5 Å². The van der Waals surface area contributed by atoms with Gasteiger partial charge in [0, 0.05) is 6.54 Å². The number of unbranched alkanes of at least 4 members (excludes halogenated alkanes) is 2. The van der Waals surface area contributed by atoms with Gasteiger partial charge in [0.2, 0.25) is 0 Å². The fraction of sp³-hybridized carbons (Fsp3) is 0.500. The molecule has 0 bridgehead atoms. The van der Waals surface area contributed by atoms with Gasteiger partial charge in [-0.25, -0.2) is 4.79 Å². The molecule has 0 unspecified atom stereocenters. The first kappa shape index (κ1) is 12.7. The zero-order valence-electron chi connectivity index (χ0n) is 10.7. The average Bonchev–Trinajstić information content (AvgIpc) is 2.38. The van der Waals surface area contributed by atoms with E-state index in [4.69, 9.17) is 9.84 Å². The first-order chi connectivity index (χ1) is 8.74. The van der Waals surface area contributed by atoms with Crippen LogP contribution in [0.4, 0.5) is 5.69 Å². The van der Waals surface area contributed by atoms with Crippen molar-refractivity contribution in [2.45, 2.75) is 26.2 Å². The maximum atomic E-state index is 11.1. The van der Waals surface area contributed by atoms with Gasteiger partial charge in [-0.2, -0.15) is 0 Å². The molecule has 0 radical (unpaired) electrons. The number of carboxylic acid groups (broad SMARTS) is 1. The number of fused-ring (bicyclic) bond motifs is 1. The summed E-state index contributed by atoms with van der Waals surface area (Å²) in [7, 11) is 0. The topological polar surface area (TPSA) is 49.8 Å². The van der Waals surface area contributed by atoms with Crippen molar-refractivity contribution in [1.29, 1.82) is 0 Å². The van der Waals surface area contributed by atoms with E-state index in [0.29, 0.717) is 12.4 Å². The molecule has 1 aromatic rings. The van der Waals surface area contributed by atoms with Gasteiger partial charge in [-0.3, -0.25) is 0 Å². The van der Waals surface area contributed by atoms with Crippen molar-refractivity contribution < 1.29 is 14.6 Å². The molecule has 1 aliphatic heterocycles. The highest BCUT2D eigenvalue weighted by Crippen LogP contribution is 2.35. The van der Waals surface area contributed by atoms with Crippen LogP contribution in [0.2, 0.25) is 0 Å². The highest BCUT2D eigenvalue weighted by molar-refractivity contribution is 5.93. The molecule has 1 aromatic carbocycles. The van der Waals surface area contributed by atoms with Crippen molar-refractivity contribution in [3.8, 4) is 5.75 Å². The predicted molar refractivity (Wildman–Crippen MR) is 70.6 cm³/mol. The summed E-state index contributed by atoms with van der Waals surface area (Å²) in [5, 5.41) is 9.14. The molecular formula is C14H19NO3. The third kappa shape index (κ3) is 2.58. The second-order valence-electron chi connectivity index (χ2n) is 4.50. The van der Waals surface area contributed by atoms with Crippen LogP contribution < -0.4 is 9.64 Å². The lowest BCUT2D eigenvalue weighted by molar-refractivity contribution is 0.0692. The lowest BCUT2D eigenvalue weighted by atomic mass is 10.1. The van der Waals surface area contributed by atoms with Gasteiger partial charge in [0.05, 0.1) is 12.2 Å². The Morgan fingerprint density at radius 1 is 1.44 bits per heavy atom. The van der Waals surface area contributed by atoms with Gasteiger partial charge >= 0.3 is 5.97 Å². The van der Waals surface area contributed by atoms with E-state index in [-0.39, 0.29) is 5.56 Å². The Balaban J connectivity index is 2.21. The Labute approximate surface area is 107 Å². The molecule has 0 spiro atoms. The molecule has 0 aliphatic carbocycles. The van der Waals surface area contributed by atoms with Crippen LogP contribution in [0.3, 0.4) is 0 Å². The van der Waals surface area contributed by atoms with Crippen molar-refractivity contribution in [3.05, 3.63) is 23.8 Å². The predicted octanol–water partition coefficient (Wildman–Crippen LogP) is 2.77. The highest BCUT2D eigenvalue weighted by atomic mass is 16.5. The first-order valence-electron chi connectivity index (χ1n) is 6.48. The molecule has 0 atom stereocenters. The van der Waals surface area contributed by atoms with Crippen LogP contribution in [0.5, 0.6) is 5.75 Å². The van der Waals surface area contributed by atoms with Gasteiger partial charge < -0.3 is 14.7 Å². The molecule has 0 aromatic heterocycles. The molecule has 1 heterocycles. The summed E-state index contributed by atoms with van der Waals surface area (Å²) in [5.74, 6) is -0.407. The number of rotatable bonds is 5. The summed E-state index contributed by atoms with van der Waals surface area (Å²) in [5.41, 5.74) is 1.17. The number of nitrogens with zero attached hydrogens (tertiary/aromatic N) is 1. The molecule has 18 heavy (non-hydrogen) atoms. The third-order valence-electron chi connectivity index (χ3n) is 3.20. The van der Waals surface area contributed by atoms with Crippen LogP contribution in [-0.4, -0.2) is 30.8 Å². The molecule has 0 saturated heterocycles. The maximum absolute atomic E-state index is 11.1. The number of para-hydroxylation sites is 1. The van der Waals surface area contributed by atoms with Crippen molar-refractivity contribution in [2.75, 3.05) is 24.6 Å². The number of ether oxygens (including phenoxy) is 1. The molecule has 98 valence electrons. The summed E-state index contributed by atoms with van der Waals surface area (Å²) in [6, 6.07) is 5.31. The van der Waals surface area contributed by atoms with E-state index in [1.54, 1.807) is 12.1 Å². The molecule has 0 saturated carbocycles. The molecule has 1 aliphatic rings. The zero-order valence-corrected chi connectivity index (χ0v) is 10.7. The van der Waals surface area contributed by atoms with Gasteiger partial charge in [-0.15, -0.1) is 0 Å². The Hall–Kier alpha value is -1.71. The lowest BCUT2D eigenvalue weighted by Gasteiger charge is -2.31. The van der Waals surface area contributed by atoms with Gasteiger partial charge in [0.1, 0.15) is 12.2 Å². The third-order valence-corrected chi connectivity index (χ3v) is 3.20. The van der Waals surface area contributed by atoms with Crippen molar-refractivity contribution >= 4 is 11.7 Å². The number of hydrogen-bond acceptors (Lipinski definition) is 3. The van der Waals surface area contributed by atoms with Crippen molar-refractivity contribution in [3.63, 3.8) is 0 Å². The molecule has 4 heteroatoms. The van der Waals surface area contributed by atoms with E-state index in [2.05, 4.69) is 11.8 Å². The van der Waals surface area contributed by atoms with Crippen LogP contribution in [0.15, 0.2) is 18.2 Å². The first-order valence-corrected chi connectivity index (χ1v) is 6.48. The number of aromatic carboxylic acids is 1. The minimum atomic E-state index is -0.928. The van der Waals surface area contributed by atoms with Crippen LogP contribution >= 0.6 is 0 Å². The molecule has 0 fully saturated rings. The summed E-state index contributed by atoms with van der Waals surface area (Å²) < 4.78 is 5.53. The summed E-state index contributed by atoms with van der Waals surface area (Å²) in [6.45, 7) is 4.53. The van der Waals surface area contributed by atoms with Gasteiger partial charge in [0.15, 0.2) is 5.75 Å². The maximum Gasteiger partial charge on any atom is 0.339 e. The summed E-state index contributed by atoms with van der Waals surface area (Å²) >= 11 is 0. The van der Waals surface area contributed by atoms with E-state index in [9.17, 15) is 4.79 Å². The number of hydrogen-bond donors (Lipinski definition) is 1. The van der Waals surface area contributed by atoms with Gasteiger partial charge in [0.25, 0.3) is 0 Å². The second-order valence-corrected chi connectivity index (χ2v) is 4.50. The second kappa shape index (κ2) is 5.76. The normalized spacial score (nSPS) is 13.9. The quantitative estimate of drug-likeness (QED) is 0.815. The van der Waals surface area contributed by atoms with Crippen molar-refractivity contribution in [2.24, 2.45) is 0 Å². The van der Waals surface area contributed by atoms with Crippen molar-refractivity contribution in [1.82, 2.24) is 0 Å². The van der Waals surface area contributed by atoms with Gasteiger partial charge in [-0.1, -0.05) is 25.8 Å². The minimum absolute atomic E-state index is 0.257. The molecular weight excluding hydrogens is 230 g/mol. The minimum Gasteiger partial charge on any atom is -0.489 e. The van der Waals surface area contributed by atoms with Crippen LogP contribution in [-0.2, 0) is 0 Å². The summed E-state index contributed by atoms with van der Waals surface area (Å²) in [4.78, 5) is 13.4. The van der Waals surface area contributed by atoms with Crippen LogP contribution in [0.25, 0.3) is 0 Å². The average molecular weight is 249 g/mol. The van der Waals surface area contributed by atoms with Gasteiger partial charge in [-0.05, 0) is 18.6 Å². The number of benzene rings is 1. The van der Waals surface area contributed by atoms with E-state index in [0.717, 1.165) is 25.2 Å². The number of carbonyl (C=O) groups is 1. The largest absolute Gasteiger partial charge is 0.489 e. The lowest BCUT2D eigenvalue weighted by Crippen LogP contribution is -2.34. The fourth-order valence-corrected chi connectivity index (χ4v) is 2.26. The molecule has 2 rings (SSSR count).